The van der Waals surface area contributed by atoms with E-state index >= 15 is 0 Å². The number of thiocarbonyl (C=S) groups is 1. The van der Waals surface area contributed by atoms with Gasteiger partial charge in [-0.1, -0.05) is 42.5 Å². The van der Waals surface area contributed by atoms with Crippen LogP contribution in [0.15, 0.2) is 48.5 Å². The van der Waals surface area contributed by atoms with E-state index in [4.69, 9.17) is 21.7 Å². The highest BCUT2D eigenvalue weighted by molar-refractivity contribution is 7.80. The molecule has 184 valence electrons. The second-order valence-corrected chi connectivity index (χ2v) is 9.41. The minimum atomic E-state index is -1.81. The first-order valence-electron chi connectivity index (χ1n) is 11.4. The van der Waals surface area contributed by atoms with Gasteiger partial charge in [-0.05, 0) is 64.0 Å². The maximum absolute atomic E-state index is 14.2. The lowest BCUT2D eigenvalue weighted by molar-refractivity contribution is -0.134. The molecule has 0 aliphatic carbocycles. The number of hydrazine groups is 1. The van der Waals surface area contributed by atoms with E-state index in [-0.39, 0.29) is 11.7 Å². The van der Waals surface area contributed by atoms with Crippen LogP contribution in [-0.4, -0.2) is 45.4 Å². The Hall–Kier alpha value is -3.66. The topological polar surface area (TPSA) is 91.4 Å². The summed E-state index contributed by atoms with van der Waals surface area (Å²) in [7, 11) is 0. The third-order valence-corrected chi connectivity index (χ3v) is 5.86. The monoisotopic (exact) mass is 496 g/mol. The average molecular weight is 497 g/mol. The van der Waals surface area contributed by atoms with E-state index < -0.39 is 36.0 Å². The van der Waals surface area contributed by atoms with Crippen LogP contribution >= 0.6 is 12.2 Å². The molecule has 2 aliphatic rings. The predicted molar refractivity (Wildman–Crippen MR) is 133 cm³/mol. The zero-order chi connectivity index (χ0) is 25.5. The number of hydrogen-bond donors (Lipinski definition) is 1. The van der Waals surface area contributed by atoms with Crippen molar-refractivity contribution >= 4 is 41.1 Å². The van der Waals surface area contributed by atoms with Gasteiger partial charge in [0.05, 0.1) is 24.4 Å². The summed E-state index contributed by atoms with van der Waals surface area (Å²) in [6.45, 7) is 8.89. The van der Waals surface area contributed by atoms with Crippen LogP contribution in [0.5, 0.6) is 0 Å². The standard InChI is InChI=1S/C25H28N4O5S/c1-15(2)33-23(31)28-22(35)26-25(29(28)24(32)34-16(3)4)19-12-11-17(5)13-20(19)27(21(25)30)14-18-9-7-6-8-10-18/h6-13,15-16H,14H2,1-5H3,(H,26,35). The smallest absolute Gasteiger partial charge is 0.436 e. The number of hydrogen-bond acceptors (Lipinski definition) is 6. The first kappa shape index (κ1) is 24.5. The number of carbonyl (C=O) groups is 3. The van der Waals surface area contributed by atoms with Gasteiger partial charge in [0.25, 0.3) is 5.91 Å². The second-order valence-electron chi connectivity index (χ2n) is 9.03. The molecule has 1 N–H and O–H groups in total. The van der Waals surface area contributed by atoms with Crippen LogP contribution in [0.3, 0.4) is 0 Å². The Kier molecular flexibility index (Phi) is 6.42. The molecule has 35 heavy (non-hydrogen) atoms. The molecule has 2 aliphatic heterocycles. The van der Waals surface area contributed by atoms with Gasteiger partial charge >= 0.3 is 12.2 Å². The number of nitrogens with one attached hydrogen (secondary N) is 1. The molecule has 2 aromatic rings. The SMILES string of the molecule is Cc1ccc2c(c1)N(Cc1ccccc1)C(=O)C21NC(=S)N(C(=O)OC(C)C)N1C(=O)OC(C)C. The molecule has 1 saturated heterocycles. The van der Waals surface area contributed by atoms with Crippen molar-refractivity contribution in [3.8, 4) is 0 Å². The van der Waals surface area contributed by atoms with Crippen molar-refractivity contribution in [3.63, 3.8) is 0 Å². The third-order valence-electron chi connectivity index (χ3n) is 5.59. The fourth-order valence-electron chi connectivity index (χ4n) is 4.23. The number of aryl methyl sites for hydroxylation is 1. The van der Waals surface area contributed by atoms with Gasteiger partial charge in [0.2, 0.25) is 10.8 Å². The summed E-state index contributed by atoms with van der Waals surface area (Å²) in [5.41, 5.74) is 1.11. The summed E-state index contributed by atoms with van der Waals surface area (Å²) < 4.78 is 10.8. The van der Waals surface area contributed by atoms with E-state index in [1.807, 2.05) is 49.4 Å². The number of benzene rings is 2. The summed E-state index contributed by atoms with van der Waals surface area (Å²) in [6.07, 6.45) is -2.78. The van der Waals surface area contributed by atoms with Gasteiger partial charge in [-0.2, -0.15) is 10.0 Å². The molecule has 1 atom stereocenters. The Balaban J connectivity index is 1.88. The highest BCUT2D eigenvalue weighted by atomic mass is 32.1. The largest absolute Gasteiger partial charge is 0.445 e. The molecule has 9 nitrogen and oxygen atoms in total. The Morgan fingerprint density at radius 3 is 2.26 bits per heavy atom. The number of amides is 3. The number of carbonyl (C=O) groups excluding carboxylic acids is 3. The van der Waals surface area contributed by atoms with Crippen LogP contribution in [0.2, 0.25) is 0 Å². The number of anilines is 1. The first-order valence-corrected chi connectivity index (χ1v) is 11.8. The summed E-state index contributed by atoms with van der Waals surface area (Å²) in [6, 6.07) is 15.0. The molecule has 0 radical (unpaired) electrons. The predicted octanol–water partition coefficient (Wildman–Crippen LogP) is 4.19. The number of rotatable bonds is 4. The van der Waals surface area contributed by atoms with E-state index in [1.165, 1.54) is 0 Å². The van der Waals surface area contributed by atoms with Crippen molar-refractivity contribution in [2.75, 3.05) is 4.90 Å². The van der Waals surface area contributed by atoms with Crippen molar-refractivity contribution in [2.45, 2.75) is 59.0 Å². The fourth-order valence-corrected chi connectivity index (χ4v) is 4.53. The van der Waals surface area contributed by atoms with Crippen LogP contribution in [0.25, 0.3) is 0 Å². The van der Waals surface area contributed by atoms with Gasteiger partial charge < -0.3 is 19.7 Å². The van der Waals surface area contributed by atoms with E-state index in [1.54, 1.807) is 38.7 Å². The minimum absolute atomic E-state index is 0.141. The number of nitrogens with zero attached hydrogens (tertiary/aromatic N) is 3. The molecule has 0 bridgehead atoms. The molecule has 3 amide bonds. The lowest BCUT2D eigenvalue weighted by Crippen LogP contribution is -2.60. The lowest BCUT2D eigenvalue weighted by Gasteiger charge is -2.34. The van der Waals surface area contributed by atoms with Crippen molar-refractivity contribution in [1.29, 1.82) is 0 Å². The summed E-state index contributed by atoms with van der Waals surface area (Å²) in [5.74, 6) is -0.468. The molecule has 2 aromatic carbocycles. The van der Waals surface area contributed by atoms with Crippen LogP contribution < -0.4 is 10.2 Å². The maximum atomic E-state index is 14.2. The van der Waals surface area contributed by atoms with Gasteiger partial charge in [-0.3, -0.25) is 4.79 Å². The minimum Gasteiger partial charge on any atom is -0.445 e. The van der Waals surface area contributed by atoms with E-state index in [0.717, 1.165) is 21.1 Å². The molecule has 4 rings (SSSR count). The Labute approximate surface area is 209 Å². The number of ether oxygens (including phenoxy) is 2. The molecule has 0 aromatic heterocycles. The van der Waals surface area contributed by atoms with Gasteiger partial charge in [-0.25, -0.2) is 9.59 Å². The third kappa shape index (κ3) is 4.18. The average Bonchev–Trinajstić information content (AvgIpc) is 3.20. The van der Waals surface area contributed by atoms with Crippen molar-refractivity contribution in [3.05, 3.63) is 65.2 Å². The fraction of sp³-hybridized carbons (Fsp3) is 0.360. The molecular formula is C25H28N4O5S. The van der Waals surface area contributed by atoms with Gasteiger partial charge in [0.1, 0.15) is 0 Å². The molecule has 10 heteroatoms. The summed E-state index contributed by atoms with van der Waals surface area (Å²) in [5, 5.41) is 4.64. The van der Waals surface area contributed by atoms with Crippen LogP contribution in [0, 0.1) is 6.92 Å². The summed E-state index contributed by atoms with van der Waals surface area (Å²) in [4.78, 5) is 42.3. The summed E-state index contributed by atoms with van der Waals surface area (Å²) >= 11 is 5.46. The molecular weight excluding hydrogens is 468 g/mol. The Morgan fingerprint density at radius 2 is 1.63 bits per heavy atom. The Morgan fingerprint density at radius 1 is 1.00 bits per heavy atom. The van der Waals surface area contributed by atoms with Crippen molar-refractivity contribution in [2.24, 2.45) is 0 Å². The van der Waals surface area contributed by atoms with E-state index in [2.05, 4.69) is 5.32 Å². The molecule has 1 fully saturated rings. The molecule has 1 unspecified atom stereocenters. The number of fused-ring (bicyclic) bond motifs is 2. The quantitative estimate of drug-likeness (QED) is 0.635. The normalized spacial score (nSPS) is 19.0. The van der Waals surface area contributed by atoms with E-state index in [0.29, 0.717) is 11.3 Å². The highest BCUT2D eigenvalue weighted by Gasteiger charge is 2.65. The van der Waals surface area contributed by atoms with Crippen molar-refractivity contribution in [1.82, 2.24) is 15.3 Å². The second kappa shape index (κ2) is 9.18. The van der Waals surface area contributed by atoms with Gasteiger partial charge in [-0.15, -0.1) is 0 Å². The lowest BCUT2D eigenvalue weighted by atomic mass is 9.99. The first-order chi connectivity index (χ1) is 16.6. The Bertz CT molecular complexity index is 1190. The zero-order valence-corrected chi connectivity index (χ0v) is 21.1. The van der Waals surface area contributed by atoms with Crippen LogP contribution in [0.4, 0.5) is 15.3 Å². The molecule has 0 saturated carbocycles. The van der Waals surface area contributed by atoms with Crippen LogP contribution in [-0.2, 0) is 26.5 Å². The van der Waals surface area contributed by atoms with Gasteiger partial charge in [0.15, 0.2) is 0 Å². The molecule has 1 spiro atoms. The van der Waals surface area contributed by atoms with Crippen molar-refractivity contribution < 1.29 is 23.9 Å². The van der Waals surface area contributed by atoms with Gasteiger partial charge in [0, 0.05) is 5.56 Å². The van der Waals surface area contributed by atoms with Crippen LogP contribution in [0.1, 0.15) is 44.4 Å². The maximum Gasteiger partial charge on any atom is 0.436 e. The molecule has 2 heterocycles. The van der Waals surface area contributed by atoms with E-state index in [9.17, 15) is 14.4 Å². The highest BCUT2D eigenvalue weighted by Crippen LogP contribution is 2.47. The zero-order valence-electron chi connectivity index (χ0n) is 20.3.